The summed E-state index contributed by atoms with van der Waals surface area (Å²) < 4.78 is 0.796. The molecule has 1 saturated heterocycles. The number of likely N-dealkylation sites (N-methyl/N-ethyl adjacent to an activating group) is 1. The lowest BCUT2D eigenvalue weighted by molar-refractivity contribution is -0.128. The van der Waals surface area contributed by atoms with Crippen molar-refractivity contribution >= 4 is 33.4 Å². The quantitative estimate of drug-likeness (QED) is 0.862. The van der Waals surface area contributed by atoms with Crippen molar-refractivity contribution in [1.82, 2.24) is 4.90 Å². The van der Waals surface area contributed by atoms with Gasteiger partial charge in [0.05, 0.1) is 12.0 Å². The molecule has 0 aromatic heterocycles. The van der Waals surface area contributed by atoms with Crippen LogP contribution in [0, 0.1) is 0 Å². The summed E-state index contributed by atoms with van der Waals surface area (Å²) in [6, 6.07) is 5.25. The van der Waals surface area contributed by atoms with Crippen molar-refractivity contribution in [2.45, 2.75) is 12.0 Å². The first kappa shape index (κ1) is 11.9. The third kappa shape index (κ3) is 1.97. The highest BCUT2D eigenvalue weighted by Gasteiger charge is 2.39. The molecule has 2 rings (SSSR count). The Morgan fingerprint density at radius 1 is 1.56 bits per heavy atom. The van der Waals surface area contributed by atoms with Gasteiger partial charge in [0.1, 0.15) is 0 Å². The molecule has 0 spiro atoms. The van der Waals surface area contributed by atoms with Gasteiger partial charge in [0.15, 0.2) is 0 Å². The van der Waals surface area contributed by atoms with Gasteiger partial charge in [-0.15, -0.1) is 0 Å². The molecule has 2 unspecified atom stereocenters. The molecule has 1 aromatic carbocycles. The van der Waals surface area contributed by atoms with E-state index in [1.165, 1.54) is 4.90 Å². The van der Waals surface area contributed by atoms with Crippen LogP contribution >= 0.6 is 27.5 Å². The standard InChI is InChI=1S/C11H11BrClNO2/c1-14-5-9(15)10(11(14)16)7-4-6(13)2-3-8(7)12/h2-4,9-10,15H,5H2,1H3. The van der Waals surface area contributed by atoms with Crippen LogP contribution in [0.25, 0.3) is 0 Å². The summed E-state index contributed by atoms with van der Waals surface area (Å²) in [6.45, 7) is 0.364. The summed E-state index contributed by atoms with van der Waals surface area (Å²) in [5.74, 6) is -0.589. The van der Waals surface area contributed by atoms with Crippen LogP contribution in [0.1, 0.15) is 11.5 Å². The number of nitrogens with zero attached hydrogens (tertiary/aromatic N) is 1. The molecule has 0 aliphatic carbocycles. The van der Waals surface area contributed by atoms with Crippen molar-refractivity contribution in [2.24, 2.45) is 0 Å². The lowest BCUT2D eigenvalue weighted by Gasteiger charge is -2.14. The number of aliphatic hydroxyl groups is 1. The largest absolute Gasteiger partial charge is 0.390 e. The summed E-state index contributed by atoms with van der Waals surface area (Å²) in [5, 5.41) is 10.4. The summed E-state index contributed by atoms with van der Waals surface area (Å²) in [4.78, 5) is 13.4. The molecule has 3 nitrogen and oxygen atoms in total. The summed E-state index contributed by atoms with van der Waals surface area (Å²) >= 11 is 9.27. The zero-order valence-corrected chi connectivity index (χ0v) is 11.0. The van der Waals surface area contributed by atoms with Gasteiger partial charge in [-0.3, -0.25) is 4.79 Å². The minimum absolute atomic E-state index is 0.0736. The zero-order valence-electron chi connectivity index (χ0n) is 8.65. The predicted octanol–water partition coefficient (Wildman–Crippen LogP) is 2.02. The van der Waals surface area contributed by atoms with Gasteiger partial charge in [-0.05, 0) is 23.8 Å². The number of halogens is 2. The Labute approximate surface area is 107 Å². The molecule has 1 aliphatic rings. The van der Waals surface area contributed by atoms with E-state index in [0.29, 0.717) is 11.6 Å². The van der Waals surface area contributed by atoms with Gasteiger partial charge in [-0.1, -0.05) is 27.5 Å². The number of amides is 1. The molecule has 1 aliphatic heterocycles. The SMILES string of the molecule is CN1CC(O)C(c2cc(Cl)ccc2Br)C1=O. The van der Waals surface area contributed by atoms with Crippen LogP contribution < -0.4 is 0 Å². The number of benzene rings is 1. The van der Waals surface area contributed by atoms with Crippen molar-refractivity contribution in [3.63, 3.8) is 0 Å². The Bertz CT molecular complexity index is 438. The maximum absolute atomic E-state index is 11.9. The van der Waals surface area contributed by atoms with Crippen LogP contribution in [0.15, 0.2) is 22.7 Å². The number of carbonyl (C=O) groups is 1. The highest BCUT2D eigenvalue weighted by atomic mass is 79.9. The van der Waals surface area contributed by atoms with E-state index in [0.717, 1.165) is 10.0 Å². The molecular weight excluding hydrogens is 293 g/mol. The number of hydrogen-bond acceptors (Lipinski definition) is 2. The summed E-state index contributed by atoms with van der Waals surface area (Å²) in [5.41, 5.74) is 0.745. The number of likely N-dealkylation sites (tertiary alicyclic amines) is 1. The first-order valence-corrected chi connectivity index (χ1v) is 6.06. The molecule has 1 aromatic rings. The van der Waals surface area contributed by atoms with Crippen molar-refractivity contribution in [1.29, 1.82) is 0 Å². The number of carbonyl (C=O) groups excluding carboxylic acids is 1. The second-order valence-corrected chi connectivity index (χ2v) is 5.22. The van der Waals surface area contributed by atoms with E-state index in [4.69, 9.17) is 11.6 Å². The molecule has 1 amide bonds. The van der Waals surface area contributed by atoms with Gasteiger partial charge >= 0.3 is 0 Å². The van der Waals surface area contributed by atoms with E-state index in [9.17, 15) is 9.90 Å². The normalized spacial score (nSPS) is 25.2. The van der Waals surface area contributed by atoms with E-state index in [1.54, 1.807) is 25.2 Å². The third-order valence-electron chi connectivity index (χ3n) is 2.78. The number of hydrogen-bond donors (Lipinski definition) is 1. The lowest BCUT2D eigenvalue weighted by Crippen LogP contribution is -2.22. The van der Waals surface area contributed by atoms with Gasteiger partial charge in [-0.2, -0.15) is 0 Å². The Morgan fingerprint density at radius 2 is 2.25 bits per heavy atom. The van der Waals surface area contributed by atoms with E-state index < -0.39 is 12.0 Å². The maximum Gasteiger partial charge on any atom is 0.232 e. The topological polar surface area (TPSA) is 40.5 Å². The molecule has 1 fully saturated rings. The molecule has 0 radical (unpaired) electrons. The Kier molecular flexibility index (Phi) is 3.24. The monoisotopic (exact) mass is 303 g/mol. The lowest BCUT2D eigenvalue weighted by atomic mass is 9.96. The molecule has 5 heteroatoms. The van der Waals surface area contributed by atoms with Crippen molar-refractivity contribution < 1.29 is 9.90 Å². The van der Waals surface area contributed by atoms with Gasteiger partial charge in [-0.25, -0.2) is 0 Å². The van der Waals surface area contributed by atoms with Crippen LogP contribution in [0.3, 0.4) is 0 Å². The van der Waals surface area contributed by atoms with E-state index in [1.807, 2.05) is 0 Å². The number of β-amino-alcohol motifs (C(OH)–C–C–N with tert-alkyl or cyclic N) is 1. The van der Waals surface area contributed by atoms with E-state index >= 15 is 0 Å². The molecule has 86 valence electrons. The maximum atomic E-state index is 11.9. The molecule has 1 heterocycles. The smallest absolute Gasteiger partial charge is 0.232 e. The number of aliphatic hydroxyl groups excluding tert-OH is 1. The molecule has 0 saturated carbocycles. The van der Waals surface area contributed by atoms with Crippen molar-refractivity contribution in [3.05, 3.63) is 33.3 Å². The fraction of sp³-hybridized carbons (Fsp3) is 0.364. The van der Waals surface area contributed by atoms with Crippen LogP contribution in [-0.2, 0) is 4.79 Å². The fourth-order valence-electron chi connectivity index (χ4n) is 1.97. The number of rotatable bonds is 1. The first-order chi connectivity index (χ1) is 7.50. The first-order valence-electron chi connectivity index (χ1n) is 4.88. The summed E-state index contributed by atoms with van der Waals surface area (Å²) in [6.07, 6.45) is -0.674. The molecule has 0 bridgehead atoms. The fourth-order valence-corrected chi connectivity index (χ4v) is 2.65. The average Bonchev–Trinajstić information content (AvgIpc) is 2.46. The van der Waals surface area contributed by atoms with E-state index in [2.05, 4.69) is 15.9 Å². The second kappa shape index (κ2) is 4.35. The van der Waals surface area contributed by atoms with Gasteiger partial charge in [0.2, 0.25) is 5.91 Å². The van der Waals surface area contributed by atoms with Crippen LogP contribution in [-0.4, -0.2) is 35.6 Å². The van der Waals surface area contributed by atoms with Gasteiger partial charge in [0.25, 0.3) is 0 Å². The second-order valence-electron chi connectivity index (χ2n) is 3.93. The third-order valence-corrected chi connectivity index (χ3v) is 3.74. The van der Waals surface area contributed by atoms with Crippen LogP contribution in [0.5, 0.6) is 0 Å². The van der Waals surface area contributed by atoms with Crippen LogP contribution in [0.4, 0.5) is 0 Å². The van der Waals surface area contributed by atoms with E-state index in [-0.39, 0.29) is 5.91 Å². The average molecular weight is 305 g/mol. The summed E-state index contributed by atoms with van der Waals surface area (Å²) in [7, 11) is 1.68. The molecular formula is C11H11BrClNO2. The predicted molar refractivity (Wildman–Crippen MR) is 65.5 cm³/mol. The molecule has 2 atom stereocenters. The zero-order chi connectivity index (χ0) is 11.9. The highest BCUT2D eigenvalue weighted by Crippen LogP contribution is 2.34. The Hall–Kier alpha value is -0.580. The molecule has 16 heavy (non-hydrogen) atoms. The van der Waals surface area contributed by atoms with Gasteiger partial charge in [0, 0.05) is 23.1 Å². The molecule has 1 N–H and O–H groups in total. The minimum atomic E-state index is -0.674. The van der Waals surface area contributed by atoms with Gasteiger partial charge < -0.3 is 10.0 Å². The Balaban J connectivity index is 2.44. The highest BCUT2D eigenvalue weighted by molar-refractivity contribution is 9.10. The Morgan fingerprint density at radius 3 is 2.81 bits per heavy atom. The van der Waals surface area contributed by atoms with Crippen molar-refractivity contribution in [2.75, 3.05) is 13.6 Å². The van der Waals surface area contributed by atoms with Crippen molar-refractivity contribution in [3.8, 4) is 0 Å². The minimum Gasteiger partial charge on any atom is -0.390 e. The van der Waals surface area contributed by atoms with Crippen LogP contribution in [0.2, 0.25) is 5.02 Å².